The van der Waals surface area contributed by atoms with Crippen molar-refractivity contribution in [2.75, 3.05) is 0 Å². The molecule has 0 heterocycles. The van der Waals surface area contributed by atoms with Crippen LogP contribution in [0.15, 0.2) is 0 Å². The van der Waals surface area contributed by atoms with E-state index in [0.717, 1.165) is 19.3 Å². The summed E-state index contributed by atoms with van der Waals surface area (Å²) < 4.78 is 0. The van der Waals surface area contributed by atoms with Crippen molar-refractivity contribution in [3.05, 3.63) is 0 Å². The van der Waals surface area contributed by atoms with Crippen LogP contribution in [0.1, 0.15) is 59.8 Å². The summed E-state index contributed by atoms with van der Waals surface area (Å²) in [5.74, 6) is 2.55. The average Bonchev–Trinajstić information content (AvgIpc) is 2.59. The van der Waals surface area contributed by atoms with E-state index < -0.39 is 0 Å². The number of aliphatic hydroxyl groups is 2. The summed E-state index contributed by atoms with van der Waals surface area (Å²) in [6.07, 6.45) is 5.24. The van der Waals surface area contributed by atoms with E-state index in [1.54, 1.807) is 0 Å². The van der Waals surface area contributed by atoms with Crippen LogP contribution in [0, 0.1) is 35.5 Å². The van der Waals surface area contributed by atoms with Crippen LogP contribution in [0.5, 0.6) is 0 Å². The van der Waals surface area contributed by atoms with E-state index in [-0.39, 0.29) is 18.1 Å². The molecule has 0 radical (unpaired) electrons. The second-order valence-electron chi connectivity index (χ2n) is 7.44. The van der Waals surface area contributed by atoms with Gasteiger partial charge in [0.1, 0.15) is 0 Å². The number of rotatable bonds is 3. The molecule has 2 aliphatic carbocycles. The van der Waals surface area contributed by atoms with Crippen molar-refractivity contribution < 1.29 is 10.2 Å². The molecule has 0 saturated heterocycles. The Hall–Kier alpha value is -0.0800. The highest BCUT2D eigenvalue weighted by Crippen LogP contribution is 2.49. The Morgan fingerprint density at radius 1 is 1.00 bits per heavy atom. The van der Waals surface area contributed by atoms with Gasteiger partial charge in [0, 0.05) is 5.92 Å². The highest BCUT2D eigenvalue weighted by atomic mass is 16.3. The summed E-state index contributed by atoms with van der Waals surface area (Å²) in [4.78, 5) is 0. The van der Waals surface area contributed by atoms with E-state index in [9.17, 15) is 10.2 Å². The van der Waals surface area contributed by atoms with Gasteiger partial charge in [0.25, 0.3) is 0 Å². The molecule has 0 aromatic carbocycles. The molecule has 7 atom stereocenters. The first-order valence-corrected chi connectivity index (χ1v) is 8.33. The molecule has 0 amide bonds. The summed E-state index contributed by atoms with van der Waals surface area (Å²) >= 11 is 0. The molecule has 2 nitrogen and oxygen atoms in total. The van der Waals surface area contributed by atoms with Gasteiger partial charge in [-0.2, -0.15) is 0 Å². The van der Waals surface area contributed by atoms with Crippen LogP contribution in [-0.4, -0.2) is 22.4 Å². The molecule has 2 fully saturated rings. The molecule has 2 heteroatoms. The van der Waals surface area contributed by atoms with Crippen LogP contribution in [0.3, 0.4) is 0 Å². The molecule has 2 rings (SSSR count). The first kappa shape index (κ1) is 15.3. The fourth-order valence-electron chi connectivity index (χ4n) is 4.67. The van der Waals surface area contributed by atoms with Gasteiger partial charge in [0.05, 0.1) is 12.2 Å². The van der Waals surface area contributed by atoms with Gasteiger partial charge in [-0.05, 0) is 48.9 Å². The molecule has 0 spiro atoms. The van der Waals surface area contributed by atoms with E-state index in [1.807, 2.05) is 0 Å². The third kappa shape index (κ3) is 2.85. The van der Waals surface area contributed by atoms with Crippen molar-refractivity contribution in [1.82, 2.24) is 0 Å². The van der Waals surface area contributed by atoms with Crippen molar-refractivity contribution in [3.8, 4) is 0 Å². The third-order valence-electron chi connectivity index (χ3n) is 6.13. The molecule has 19 heavy (non-hydrogen) atoms. The minimum absolute atomic E-state index is 0.133. The highest BCUT2D eigenvalue weighted by molar-refractivity contribution is 4.99. The van der Waals surface area contributed by atoms with Crippen LogP contribution in [0.4, 0.5) is 0 Å². The Bertz CT molecular complexity index is 289. The normalized spacial score (nSPS) is 45.0. The molecule has 0 aliphatic heterocycles. The van der Waals surface area contributed by atoms with Gasteiger partial charge in [-0.25, -0.2) is 0 Å². The maximum absolute atomic E-state index is 10.8. The third-order valence-corrected chi connectivity index (χ3v) is 6.13. The lowest BCUT2D eigenvalue weighted by Gasteiger charge is -2.33. The Labute approximate surface area is 118 Å². The van der Waals surface area contributed by atoms with E-state index >= 15 is 0 Å². The van der Waals surface area contributed by atoms with E-state index in [2.05, 4.69) is 27.7 Å². The van der Waals surface area contributed by atoms with E-state index in [0.29, 0.717) is 29.6 Å². The van der Waals surface area contributed by atoms with Crippen molar-refractivity contribution in [2.45, 2.75) is 72.0 Å². The van der Waals surface area contributed by atoms with Gasteiger partial charge in [0.2, 0.25) is 0 Å². The Balaban J connectivity index is 2.16. The molecular formula is C17H32O2. The zero-order chi connectivity index (χ0) is 14.2. The smallest absolute Gasteiger partial charge is 0.0626 e. The second-order valence-corrected chi connectivity index (χ2v) is 7.44. The largest absolute Gasteiger partial charge is 0.392 e. The number of hydrogen-bond acceptors (Lipinski definition) is 2. The Morgan fingerprint density at radius 3 is 2.21 bits per heavy atom. The topological polar surface area (TPSA) is 40.5 Å². The lowest BCUT2D eigenvalue weighted by Crippen LogP contribution is -2.39. The van der Waals surface area contributed by atoms with Crippen LogP contribution >= 0.6 is 0 Å². The molecule has 0 bridgehead atoms. The predicted octanol–water partition coefficient (Wildman–Crippen LogP) is 3.46. The highest BCUT2D eigenvalue weighted by Gasteiger charge is 2.49. The van der Waals surface area contributed by atoms with Gasteiger partial charge < -0.3 is 10.2 Å². The van der Waals surface area contributed by atoms with Gasteiger partial charge in [0.15, 0.2) is 0 Å². The van der Waals surface area contributed by atoms with Gasteiger partial charge >= 0.3 is 0 Å². The van der Waals surface area contributed by atoms with Crippen molar-refractivity contribution >= 4 is 0 Å². The van der Waals surface area contributed by atoms with E-state index in [4.69, 9.17) is 0 Å². The van der Waals surface area contributed by atoms with Crippen LogP contribution in [0.25, 0.3) is 0 Å². The lowest BCUT2D eigenvalue weighted by molar-refractivity contribution is -0.0398. The fourth-order valence-corrected chi connectivity index (χ4v) is 4.67. The van der Waals surface area contributed by atoms with Gasteiger partial charge in [-0.1, -0.05) is 40.5 Å². The molecule has 2 aliphatic rings. The molecule has 2 N–H and O–H groups in total. The van der Waals surface area contributed by atoms with Crippen LogP contribution < -0.4 is 0 Å². The van der Waals surface area contributed by atoms with Crippen molar-refractivity contribution in [2.24, 2.45) is 35.5 Å². The SMILES string of the molecule is CCC(C)[C@@H]1CC2CCC[C@H](C(C)C)C(O)C2C1O. The molecule has 5 unspecified atom stereocenters. The summed E-state index contributed by atoms with van der Waals surface area (Å²) in [6, 6.07) is 0. The molecule has 2 saturated carbocycles. The quantitative estimate of drug-likeness (QED) is 0.823. The molecule has 0 aromatic rings. The Kier molecular flexibility index (Phi) is 4.94. The lowest BCUT2D eigenvalue weighted by atomic mass is 9.78. The summed E-state index contributed by atoms with van der Waals surface area (Å²) in [5.41, 5.74) is 0. The first-order chi connectivity index (χ1) is 8.97. The maximum atomic E-state index is 10.8. The minimum Gasteiger partial charge on any atom is -0.392 e. The number of fused-ring (bicyclic) bond motifs is 1. The monoisotopic (exact) mass is 268 g/mol. The summed E-state index contributed by atoms with van der Waals surface area (Å²) in [5, 5.41) is 21.5. The second kappa shape index (κ2) is 6.13. The first-order valence-electron chi connectivity index (χ1n) is 8.33. The van der Waals surface area contributed by atoms with Gasteiger partial charge in [-0.3, -0.25) is 0 Å². The van der Waals surface area contributed by atoms with Crippen LogP contribution in [0.2, 0.25) is 0 Å². The summed E-state index contributed by atoms with van der Waals surface area (Å²) in [6.45, 7) is 8.88. The standard InChI is InChI=1S/C17H32O2/c1-5-11(4)14-9-12-7-6-8-13(10(2)3)16(18)15(12)17(14)19/h10-19H,5-9H2,1-4H3/t11?,12?,13-,14+,15?,16?,17?/m1/s1. The molecular weight excluding hydrogens is 236 g/mol. The average molecular weight is 268 g/mol. The number of hydrogen-bond donors (Lipinski definition) is 2. The van der Waals surface area contributed by atoms with Gasteiger partial charge in [-0.15, -0.1) is 0 Å². The molecule has 0 aromatic heterocycles. The van der Waals surface area contributed by atoms with Crippen LogP contribution in [-0.2, 0) is 0 Å². The van der Waals surface area contributed by atoms with Crippen molar-refractivity contribution in [1.29, 1.82) is 0 Å². The fraction of sp³-hybridized carbons (Fsp3) is 1.00. The zero-order valence-corrected chi connectivity index (χ0v) is 13.0. The zero-order valence-electron chi connectivity index (χ0n) is 13.0. The number of aliphatic hydroxyl groups excluding tert-OH is 2. The molecule has 112 valence electrons. The van der Waals surface area contributed by atoms with Crippen molar-refractivity contribution in [3.63, 3.8) is 0 Å². The Morgan fingerprint density at radius 2 is 1.63 bits per heavy atom. The van der Waals surface area contributed by atoms with E-state index in [1.165, 1.54) is 12.8 Å². The minimum atomic E-state index is -0.295. The maximum Gasteiger partial charge on any atom is 0.0626 e. The predicted molar refractivity (Wildman–Crippen MR) is 78.7 cm³/mol. The summed E-state index contributed by atoms with van der Waals surface area (Å²) in [7, 11) is 0.